The van der Waals surface area contributed by atoms with Gasteiger partial charge in [0.15, 0.2) is 0 Å². The van der Waals surface area contributed by atoms with Gasteiger partial charge in [0.25, 0.3) is 0 Å². The van der Waals surface area contributed by atoms with Gasteiger partial charge in [-0.05, 0) is 18.6 Å². The van der Waals surface area contributed by atoms with Crippen molar-refractivity contribution < 1.29 is 9.84 Å². The Hall–Kier alpha value is -1.73. The number of para-hydroxylation sites is 1. The maximum absolute atomic E-state index is 11.5. The van der Waals surface area contributed by atoms with Gasteiger partial charge in [0.1, 0.15) is 0 Å². The number of benzene rings is 1. The van der Waals surface area contributed by atoms with Crippen molar-refractivity contribution in [3.8, 4) is 5.69 Å². The first-order valence-corrected chi connectivity index (χ1v) is 10.3. The molecule has 6 nitrogen and oxygen atoms in total. The first-order valence-electron chi connectivity index (χ1n) is 10.3. The SMILES string of the molecule is CC1(C)CN(Cc2cnn(-c3ccccc3)c2)CCC1(O)CN1CCOCC1. The maximum atomic E-state index is 11.5. The number of nitrogens with zero attached hydrogens (tertiary/aromatic N) is 4. The quantitative estimate of drug-likeness (QED) is 0.856. The lowest BCUT2D eigenvalue weighted by atomic mass is 9.69. The Labute approximate surface area is 167 Å². The Balaban J connectivity index is 1.38. The topological polar surface area (TPSA) is 53.8 Å². The predicted molar refractivity (Wildman–Crippen MR) is 109 cm³/mol. The van der Waals surface area contributed by atoms with Gasteiger partial charge in [0, 0.05) is 56.4 Å². The van der Waals surface area contributed by atoms with Gasteiger partial charge in [0.05, 0.1) is 30.7 Å². The van der Waals surface area contributed by atoms with Crippen molar-refractivity contribution in [3.63, 3.8) is 0 Å². The molecule has 0 amide bonds. The second-order valence-corrected chi connectivity index (χ2v) is 8.89. The van der Waals surface area contributed by atoms with Crippen molar-refractivity contribution in [2.24, 2.45) is 5.41 Å². The van der Waals surface area contributed by atoms with Gasteiger partial charge in [-0.2, -0.15) is 5.10 Å². The van der Waals surface area contributed by atoms with Crippen molar-refractivity contribution in [2.75, 3.05) is 45.9 Å². The van der Waals surface area contributed by atoms with Gasteiger partial charge >= 0.3 is 0 Å². The van der Waals surface area contributed by atoms with Crippen LogP contribution in [0.3, 0.4) is 0 Å². The molecule has 4 rings (SSSR count). The lowest BCUT2D eigenvalue weighted by Gasteiger charge is -2.52. The van der Waals surface area contributed by atoms with Crippen LogP contribution in [0.25, 0.3) is 5.69 Å². The second kappa shape index (κ2) is 7.95. The van der Waals surface area contributed by atoms with Crippen LogP contribution in [0.5, 0.6) is 0 Å². The Morgan fingerprint density at radius 3 is 2.54 bits per heavy atom. The number of likely N-dealkylation sites (tertiary alicyclic amines) is 1. The van der Waals surface area contributed by atoms with Crippen LogP contribution in [0.4, 0.5) is 0 Å². The normalized spacial score (nSPS) is 26.4. The molecule has 2 saturated heterocycles. The molecule has 0 aliphatic carbocycles. The number of rotatable bonds is 5. The molecule has 1 unspecified atom stereocenters. The van der Waals surface area contributed by atoms with Crippen molar-refractivity contribution >= 4 is 0 Å². The lowest BCUT2D eigenvalue weighted by Crippen LogP contribution is -2.62. The number of aliphatic hydroxyl groups is 1. The molecule has 2 fully saturated rings. The third-order valence-electron chi connectivity index (χ3n) is 6.37. The van der Waals surface area contributed by atoms with E-state index in [0.717, 1.165) is 64.6 Å². The molecule has 1 aromatic carbocycles. The monoisotopic (exact) mass is 384 g/mol. The molecule has 3 heterocycles. The first-order chi connectivity index (χ1) is 13.5. The van der Waals surface area contributed by atoms with E-state index in [1.165, 1.54) is 5.56 Å². The summed E-state index contributed by atoms with van der Waals surface area (Å²) in [6.45, 7) is 11.2. The van der Waals surface area contributed by atoms with Gasteiger partial charge in [0.2, 0.25) is 0 Å². The molecular weight excluding hydrogens is 352 g/mol. The summed E-state index contributed by atoms with van der Waals surface area (Å²) >= 11 is 0. The van der Waals surface area contributed by atoms with Crippen LogP contribution in [0, 0.1) is 5.41 Å². The predicted octanol–water partition coefficient (Wildman–Crippen LogP) is 2.17. The van der Waals surface area contributed by atoms with Crippen molar-refractivity contribution in [1.82, 2.24) is 19.6 Å². The Bertz CT molecular complexity index is 770. The Morgan fingerprint density at radius 1 is 1.07 bits per heavy atom. The van der Waals surface area contributed by atoms with Gasteiger partial charge in [-0.25, -0.2) is 4.68 Å². The number of piperidine rings is 1. The minimum absolute atomic E-state index is 0.168. The minimum Gasteiger partial charge on any atom is -0.388 e. The summed E-state index contributed by atoms with van der Waals surface area (Å²) < 4.78 is 7.38. The Kier molecular flexibility index (Phi) is 5.56. The number of aromatic nitrogens is 2. The molecule has 1 aromatic heterocycles. The number of ether oxygens (including phenoxy) is 1. The smallest absolute Gasteiger partial charge is 0.0849 e. The van der Waals surface area contributed by atoms with E-state index in [-0.39, 0.29) is 5.41 Å². The molecule has 1 N–H and O–H groups in total. The summed E-state index contributed by atoms with van der Waals surface area (Å²) in [7, 11) is 0. The minimum atomic E-state index is -0.658. The number of β-amino-alcohol motifs (C(OH)–C–C–N with tert-alkyl or cyclic N) is 1. The second-order valence-electron chi connectivity index (χ2n) is 8.89. The molecular formula is C22H32N4O2. The molecule has 0 radical (unpaired) electrons. The maximum Gasteiger partial charge on any atom is 0.0849 e. The van der Waals surface area contributed by atoms with Gasteiger partial charge in [-0.3, -0.25) is 9.80 Å². The van der Waals surface area contributed by atoms with E-state index in [2.05, 4.69) is 47.1 Å². The molecule has 2 aliphatic heterocycles. The highest BCUT2D eigenvalue weighted by Gasteiger charge is 2.48. The summed E-state index contributed by atoms with van der Waals surface area (Å²) in [5.74, 6) is 0. The third kappa shape index (κ3) is 4.15. The van der Waals surface area contributed by atoms with E-state index < -0.39 is 5.60 Å². The van der Waals surface area contributed by atoms with Crippen LogP contribution < -0.4 is 0 Å². The highest BCUT2D eigenvalue weighted by Crippen LogP contribution is 2.39. The highest BCUT2D eigenvalue weighted by molar-refractivity contribution is 5.30. The average Bonchev–Trinajstić information content (AvgIpc) is 3.15. The third-order valence-corrected chi connectivity index (χ3v) is 6.37. The van der Waals surface area contributed by atoms with Gasteiger partial charge in [-0.1, -0.05) is 32.0 Å². The van der Waals surface area contributed by atoms with Crippen LogP contribution in [0.1, 0.15) is 25.8 Å². The summed E-state index contributed by atoms with van der Waals surface area (Å²) in [4.78, 5) is 4.80. The number of morpholine rings is 1. The molecule has 6 heteroatoms. The summed E-state index contributed by atoms with van der Waals surface area (Å²) in [6.07, 6.45) is 4.86. The fourth-order valence-electron chi connectivity index (χ4n) is 4.45. The summed E-state index contributed by atoms with van der Waals surface area (Å²) in [5, 5.41) is 16.0. The van der Waals surface area contributed by atoms with Crippen molar-refractivity contribution in [2.45, 2.75) is 32.4 Å². The number of hydrogen-bond acceptors (Lipinski definition) is 5. The fraction of sp³-hybridized carbons (Fsp3) is 0.591. The molecule has 0 spiro atoms. The Morgan fingerprint density at radius 2 is 1.82 bits per heavy atom. The van der Waals surface area contributed by atoms with Crippen molar-refractivity contribution in [3.05, 3.63) is 48.3 Å². The lowest BCUT2D eigenvalue weighted by molar-refractivity contribution is -0.140. The van der Waals surface area contributed by atoms with Gasteiger partial charge in [-0.15, -0.1) is 0 Å². The van der Waals surface area contributed by atoms with Crippen LogP contribution in [-0.2, 0) is 11.3 Å². The van der Waals surface area contributed by atoms with E-state index in [4.69, 9.17) is 4.74 Å². The molecule has 2 aliphatic rings. The zero-order valence-corrected chi connectivity index (χ0v) is 17.0. The molecule has 28 heavy (non-hydrogen) atoms. The largest absolute Gasteiger partial charge is 0.388 e. The molecule has 0 bridgehead atoms. The fourth-order valence-corrected chi connectivity index (χ4v) is 4.45. The molecule has 0 saturated carbocycles. The summed E-state index contributed by atoms with van der Waals surface area (Å²) in [5.41, 5.74) is 1.46. The van der Waals surface area contributed by atoms with E-state index in [9.17, 15) is 5.11 Å². The van der Waals surface area contributed by atoms with Gasteiger partial charge < -0.3 is 9.84 Å². The molecule has 1 atom stereocenters. The van der Waals surface area contributed by atoms with Crippen LogP contribution in [0.2, 0.25) is 0 Å². The standard InChI is InChI=1S/C22H32N4O2/c1-21(2)17-25(9-8-22(21,27)18-24-10-12-28-13-11-24)15-19-14-23-26(16-19)20-6-4-3-5-7-20/h3-7,14,16,27H,8-13,15,17-18H2,1-2H3. The van der Waals surface area contributed by atoms with E-state index in [0.29, 0.717) is 0 Å². The molecule has 2 aromatic rings. The average molecular weight is 385 g/mol. The van der Waals surface area contributed by atoms with E-state index in [1.54, 1.807) is 0 Å². The zero-order valence-electron chi connectivity index (χ0n) is 17.0. The van der Waals surface area contributed by atoms with Crippen LogP contribution >= 0.6 is 0 Å². The highest BCUT2D eigenvalue weighted by atomic mass is 16.5. The summed E-state index contributed by atoms with van der Waals surface area (Å²) in [6, 6.07) is 10.2. The van der Waals surface area contributed by atoms with Crippen LogP contribution in [-0.4, -0.2) is 76.2 Å². The molecule has 152 valence electrons. The van der Waals surface area contributed by atoms with E-state index in [1.807, 2.05) is 29.1 Å². The zero-order chi connectivity index (χ0) is 19.6. The van der Waals surface area contributed by atoms with Crippen molar-refractivity contribution in [1.29, 1.82) is 0 Å². The first kappa shape index (κ1) is 19.6. The van der Waals surface area contributed by atoms with Crippen LogP contribution in [0.15, 0.2) is 42.7 Å². The van der Waals surface area contributed by atoms with E-state index >= 15 is 0 Å². The number of hydrogen-bond donors (Lipinski definition) is 1.